The zero-order chi connectivity index (χ0) is 18.4. The van der Waals surface area contributed by atoms with E-state index in [1.165, 1.54) is 6.07 Å². The van der Waals surface area contributed by atoms with Crippen molar-refractivity contribution in [3.05, 3.63) is 35.4 Å². The number of alkyl halides is 3. The number of aliphatic hydroxyl groups is 1. The smallest absolute Gasteiger partial charge is 0.393 e. The van der Waals surface area contributed by atoms with E-state index in [-0.39, 0.29) is 18.1 Å². The maximum Gasteiger partial charge on any atom is 0.416 e. The van der Waals surface area contributed by atoms with Gasteiger partial charge in [-0.1, -0.05) is 18.6 Å². The highest BCUT2D eigenvalue weighted by molar-refractivity contribution is 5.80. The maximum absolute atomic E-state index is 12.9. The number of hydrogen-bond donors (Lipinski definition) is 3. The van der Waals surface area contributed by atoms with Gasteiger partial charge in [-0.15, -0.1) is 0 Å². The minimum absolute atomic E-state index is 0.152. The van der Waals surface area contributed by atoms with E-state index in [0.29, 0.717) is 24.6 Å². The molecule has 3 N–H and O–H groups in total. The van der Waals surface area contributed by atoms with Crippen LogP contribution in [0.15, 0.2) is 29.3 Å². The Balaban J connectivity index is 2.05. The largest absolute Gasteiger partial charge is 0.416 e. The van der Waals surface area contributed by atoms with Gasteiger partial charge in [-0.25, -0.2) is 0 Å². The Hall–Kier alpha value is -1.76. The third kappa shape index (κ3) is 5.63. The van der Waals surface area contributed by atoms with Gasteiger partial charge < -0.3 is 15.7 Å². The Morgan fingerprint density at radius 3 is 2.72 bits per heavy atom. The molecule has 0 bridgehead atoms. The molecule has 1 saturated carbocycles. The second-order valence-corrected chi connectivity index (χ2v) is 6.47. The third-order valence-electron chi connectivity index (χ3n) is 4.51. The molecule has 0 heterocycles. The van der Waals surface area contributed by atoms with E-state index in [1.807, 2.05) is 6.92 Å². The van der Waals surface area contributed by atoms with Crippen molar-refractivity contribution in [2.75, 3.05) is 13.1 Å². The highest BCUT2D eigenvalue weighted by Gasteiger charge is 2.30. The second kappa shape index (κ2) is 8.56. The van der Waals surface area contributed by atoms with Gasteiger partial charge in [0.15, 0.2) is 5.96 Å². The molecule has 1 aliphatic rings. The van der Waals surface area contributed by atoms with Crippen LogP contribution in [0.4, 0.5) is 13.2 Å². The summed E-state index contributed by atoms with van der Waals surface area (Å²) in [6.07, 6.45) is -1.90. The second-order valence-electron chi connectivity index (χ2n) is 6.47. The van der Waals surface area contributed by atoms with Gasteiger partial charge in [0.05, 0.1) is 17.7 Å². The van der Waals surface area contributed by atoms with Gasteiger partial charge in [-0.2, -0.15) is 13.2 Å². The van der Waals surface area contributed by atoms with E-state index in [2.05, 4.69) is 15.6 Å². The lowest BCUT2D eigenvalue weighted by Crippen LogP contribution is -2.39. The maximum atomic E-state index is 12.9. The summed E-state index contributed by atoms with van der Waals surface area (Å²) in [6.45, 7) is 4.88. The number of benzene rings is 1. The first-order valence-corrected chi connectivity index (χ1v) is 8.71. The molecule has 3 unspecified atom stereocenters. The zero-order valence-corrected chi connectivity index (χ0v) is 14.6. The van der Waals surface area contributed by atoms with Crippen LogP contribution in [0.5, 0.6) is 0 Å². The average molecular weight is 357 g/mol. The van der Waals surface area contributed by atoms with Gasteiger partial charge in [0.25, 0.3) is 0 Å². The summed E-state index contributed by atoms with van der Waals surface area (Å²) in [5, 5.41) is 16.1. The Labute approximate surface area is 146 Å². The van der Waals surface area contributed by atoms with Gasteiger partial charge >= 0.3 is 6.18 Å². The van der Waals surface area contributed by atoms with E-state index in [9.17, 15) is 18.3 Å². The minimum atomic E-state index is -4.35. The van der Waals surface area contributed by atoms with Crippen LogP contribution in [0.3, 0.4) is 0 Å². The topological polar surface area (TPSA) is 56.7 Å². The standard InChI is InChI=1S/C18H26F3N3O/c1-3-22-17(23-11-14-7-5-9-16(14)25)24-12(2)13-6-4-8-15(10-13)18(19,20)21/h4,6,8,10,12,14,16,25H,3,5,7,9,11H2,1-2H3,(H2,22,23,24). The highest BCUT2D eigenvalue weighted by atomic mass is 19.4. The molecular weight excluding hydrogens is 331 g/mol. The molecule has 7 heteroatoms. The molecule has 1 aliphatic carbocycles. The Morgan fingerprint density at radius 1 is 1.36 bits per heavy atom. The summed E-state index contributed by atoms with van der Waals surface area (Å²) in [6, 6.07) is 4.97. The molecule has 0 amide bonds. The first-order chi connectivity index (χ1) is 11.8. The fourth-order valence-electron chi connectivity index (χ4n) is 3.03. The van der Waals surface area contributed by atoms with Crippen molar-refractivity contribution in [1.29, 1.82) is 0 Å². The Morgan fingerprint density at radius 2 is 2.12 bits per heavy atom. The monoisotopic (exact) mass is 357 g/mol. The van der Waals surface area contributed by atoms with Crippen LogP contribution >= 0.6 is 0 Å². The number of aliphatic hydroxyl groups excluding tert-OH is 1. The summed E-state index contributed by atoms with van der Waals surface area (Å²) in [4.78, 5) is 4.49. The first-order valence-electron chi connectivity index (χ1n) is 8.71. The number of nitrogens with zero attached hydrogens (tertiary/aromatic N) is 1. The van der Waals surface area contributed by atoms with Crippen molar-refractivity contribution < 1.29 is 18.3 Å². The van der Waals surface area contributed by atoms with Crippen LogP contribution in [0.1, 0.15) is 50.3 Å². The van der Waals surface area contributed by atoms with Crippen LogP contribution in [-0.2, 0) is 6.18 Å². The molecule has 0 radical (unpaired) electrons. The molecule has 1 aromatic rings. The number of nitrogens with one attached hydrogen (secondary N) is 2. The van der Waals surface area contributed by atoms with Crippen molar-refractivity contribution in [3.8, 4) is 0 Å². The van der Waals surface area contributed by atoms with E-state index >= 15 is 0 Å². The molecule has 140 valence electrons. The van der Waals surface area contributed by atoms with Crippen LogP contribution < -0.4 is 10.6 Å². The van der Waals surface area contributed by atoms with Crippen LogP contribution in [0.2, 0.25) is 0 Å². The predicted octanol–water partition coefficient (Wildman–Crippen LogP) is 3.48. The molecular formula is C18H26F3N3O. The summed E-state index contributed by atoms with van der Waals surface area (Å²) in [5.41, 5.74) is -0.115. The van der Waals surface area contributed by atoms with Gasteiger partial charge in [-0.3, -0.25) is 4.99 Å². The number of hydrogen-bond acceptors (Lipinski definition) is 2. The number of guanidine groups is 1. The van der Waals surface area contributed by atoms with Gasteiger partial charge in [0, 0.05) is 19.0 Å². The van der Waals surface area contributed by atoms with Crippen LogP contribution in [0.25, 0.3) is 0 Å². The fourth-order valence-corrected chi connectivity index (χ4v) is 3.03. The molecule has 2 rings (SSSR count). The summed E-state index contributed by atoms with van der Waals surface area (Å²) < 4.78 is 38.6. The first kappa shape index (κ1) is 19.6. The van der Waals surface area contributed by atoms with Crippen LogP contribution in [-0.4, -0.2) is 30.3 Å². The van der Waals surface area contributed by atoms with Gasteiger partial charge in [0.2, 0.25) is 0 Å². The lowest BCUT2D eigenvalue weighted by Gasteiger charge is -2.20. The highest BCUT2D eigenvalue weighted by Crippen LogP contribution is 2.30. The number of aliphatic imine (C=N–C) groups is 1. The molecule has 3 atom stereocenters. The summed E-state index contributed by atoms with van der Waals surface area (Å²) >= 11 is 0. The van der Waals surface area contributed by atoms with E-state index in [1.54, 1.807) is 13.0 Å². The van der Waals surface area contributed by atoms with Gasteiger partial charge in [0.1, 0.15) is 0 Å². The van der Waals surface area contributed by atoms with Crippen molar-refractivity contribution in [2.45, 2.75) is 51.4 Å². The number of rotatable bonds is 5. The molecule has 4 nitrogen and oxygen atoms in total. The van der Waals surface area contributed by atoms with E-state index in [0.717, 1.165) is 31.4 Å². The lowest BCUT2D eigenvalue weighted by molar-refractivity contribution is -0.137. The molecule has 25 heavy (non-hydrogen) atoms. The predicted molar refractivity (Wildman–Crippen MR) is 92.3 cm³/mol. The van der Waals surface area contributed by atoms with Crippen molar-refractivity contribution in [1.82, 2.24) is 10.6 Å². The molecule has 0 aliphatic heterocycles. The third-order valence-corrected chi connectivity index (χ3v) is 4.51. The average Bonchev–Trinajstić information content (AvgIpc) is 2.97. The summed E-state index contributed by atoms with van der Waals surface area (Å²) in [7, 11) is 0. The normalized spacial score (nSPS) is 22.7. The molecule has 1 fully saturated rings. The fraction of sp³-hybridized carbons (Fsp3) is 0.611. The number of halogens is 3. The molecule has 0 aromatic heterocycles. The van der Waals surface area contributed by atoms with Gasteiger partial charge in [-0.05, 0) is 44.4 Å². The summed E-state index contributed by atoms with van der Waals surface area (Å²) in [5.74, 6) is 0.700. The Bertz CT molecular complexity index is 589. The van der Waals surface area contributed by atoms with Crippen molar-refractivity contribution >= 4 is 5.96 Å². The van der Waals surface area contributed by atoms with Crippen molar-refractivity contribution in [2.24, 2.45) is 10.9 Å². The molecule has 1 aromatic carbocycles. The lowest BCUT2D eigenvalue weighted by atomic mass is 10.0. The van der Waals surface area contributed by atoms with Crippen molar-refractivity contribution in [3.63, 3.8) is 0 Å². The van der Waals surface area contributed by atoms with Crippen LogP contribution in [0, 0.1) is 5.92 Å². The minimum Gasteiger partial charge on any atom is -0.393 e. The SMILES string of the molecule is CCNC(=NCC1CCCC1O)NC(C)c1cccc(C(F)(F)F)c1. The zero-order valence-electron chi connectivity index (χ0n) is 14.6. The Kier molecular flexibility index (Phi) is 6.70. The molecule has 0 saturated heterocycles. The van der Waals surface area contributed by atoms with E-state index < -0.39 is 11.7 Å². The van der Waals surface area contributed by atoms with E-state index in [4.69, 9.17) is 0 Å². The molecule has 0 spiro atoms. The quantitative estimate of drug-likeness (QED) is 0.559.